The lowest BCUT2D eigenvalue weighted by Gasteiger charge is -2.12. The van der Waals surface area contributed by atoms with Crippen molar-refractivity contribution < 1.29 is 22.7 Å². The van der Waals surface area contributed by atoms with E-state index in [4.69, 9.17) is 4.74 Å². The highest BCUT2D eigenvalue weighted by atomic mass is 19.4. The van der Waals surface area contributed by atoms with Crippen molar-refractivity contribution in [1.82, 2.24) is 15.0 Å². The van der Waals surface area contributed by atoms with Crippen LogP contribution in [0.3, 0.4) is 0 Å². The minimum absolute atomic E-state index is 0.130. The Morgan fingerprint density at radius 2 is 1.71 bits per heavy atom. The van der Waals surface area contributed by atoms with Crippen molar-refractivity contribution in [2.24, 2.45) is 0 Å². The molecule has 0 bridgehead atoms. The number of nitrogens with zero attached hydrogens (tertiary/aromatic N) is 2. The number of aromatic nitrogens is 3. The first-order valence-electron chi connectivity index (χ1n) is 8.21. The molecule has 0 fully saturated rings. The molecule has 140 valence electrons. The van der Waals surface area contributed by atoms with Crippen molar-refractivity contribution >= 4 is 16.8 Å². The molecule has 0 unspecified atom stereocenters. The Morgan fingerprint density at radius 3 is 2.43 bits per heavy atom. The highest BCUT2D eigenvalue weighted by Gasteiger charge is 2.35. The van der Waals surface area contributed by atoms with Crippen LogP contribution in [0.15, 0.2) is 66.9 Å². The Hall–Kier alpha value is -3.68. The van der Waals surface area contributed by atoms with Crippen molar-refractivity contribution in [3.8, 4) is 11.6 Å². The first-order valence-corrected chi connectivity index (χ1v) is 8.21. The van der Waals surface area contributed by atoms with Gasteiger partial charge in [0.25, 0.3) is 0 Å². The molecule has 8 heteroatoms. The second-order valence-corrected chi connectivity index (χ2v) is 5.91. The maximum atomic E-state index is 13.0. The zero-order valence-corrected chi connectivity index (χ0v) is 14.2. The summed E-state index contributed by atoms with van der Waals surface area (Å²) in [6, 6.07) is 15.0. The summed E-state index contributed by atoms with van der Waals surface area (Å²) in [6.45, 7) is 0. The van der Waals surface area contributed by atoms with Gasteiger partial charge in [-0.05, 0) is 48.5 Å². The predicted molar refractivity (Wildman–Crippen MR) is 95.3 cm³/mol. The van der Waals surface area contributed by atoms with E-state index in [1.807, 2.05) is 12.1 Å². The van der Waals surface area contributed by atoms with Crippen molar-refractivity contribution in [2.75, 3.05) is 0 Å². The van der Waals surface area contributed by atoms with Crippen LogP contribution in [-0.4, -0.2) is 20.7 Å². The first kappa shape index (κ1) is 17.7. The first-order chi connectivity index (χ1) is 13.4. The van der Waals surface area contributed by atoms with Crippen LogP contribution in [-0.2, 0) is 6.18 Å². The predicted octanol–water partition coefficient (Wildman–Crippen LogP) is 5.00. The number of ether oxygens (including phenoxy) is 1. The van der Waals surface area contributed by atoms with Gasteiger partial charge in [0.2, 0.25) is 11.7 Å². The third kappa shape index (κ3) is 3.44. The van der Waals surface area contributed by atoms with Gasteiger partial charge in [-0.3, -0.25) is 4.79 Å². The second kappa shape index (κ2) is 6.80. The van der Waals surface area contributed by atoms with E-state index in [1.165, 1.54) is 36.5 Å². The summed E-state index contributed by atoms with van der Waals surface area (Å²) >= 11 is 0. The van der Waals surface area contributed by atoms with Crippen LogP contribution >= 0.6 is 0 Å². The standard InChI is InChI=1S/C20H12F3N3O2/c21-20(22,23)14-4-3-11-24-19(14)28-13-9-7-12(8-10-13)17(27)18-25-15-5-1-2-6-16(15)26-18/h1-11H,(H,25,26). The highest BCUT2D eigenvalue weighted by Crippen LogP contribution is 2.36. The highest BCUT2D eigenvalue weighted by molar-refractivity contribution is 6.08. The number of halogens is 3. The van der Waals surface area contributed by atoms with Crippen molar-refractivity contribution in [3.63, 3.8) is 0 Å². The van der Waals surface area contributed by atoms with E-state index in [0.29, 0.717) is 11.1 Å². The summed E-state index contributed by atoms with van der Waals surface area (Å²) in [6.07, 6.45) is -3.37. The molecule has 4 aromatic rings. The van der Waals surface area contributed by atoms with Crippen LogP contribution in [0.1, 0.15) is 21.7 Å². The molecule has 0 saturated carbocycles. The van der Waals surface area contributed by atoms with Crippen LogP contribution in [0, 0.1) is 0 Å². The Morgan fingerprint density at radius 1 is 0.964 bits per heavy atom. The molecule has 2 aromatic heterocycles. The summed E-state index contributed by atoms with van der Waals surface area (Å²) in [4.78, 5) is 23.4. The summed E-state index contributed by atoms with van der Waals surface area (Å²) in [7, 11) is 0. The number of carbonyl (C=O) groups is 1. The lowest BCUT2D eigenvalue weighted by Crippen LogP contribution is -2.08. The van der Waals surface area contributed by atoms with Gasteiger partial charge in [0.05, 0.1) is 11.0 Å². The zero-order chi connectivity index (χ0) is 19.7. The largest absolute Gasteiger partial charge is 0.438 e. The number of ketones is 1. The van der Waals surface area contributed by atoms with Crippen LogP contribution in [0.2, 0.25) is 0 Å². The van der Waals surface area contributed by atoms with E-state index in [0.717, 1.165) is 11.6 Å². The summed E-state index contributed by atoms with van der Waals surface area (Å²) in [5, 5.41) is 0. The minimum Gasteiger partial charge on any atom is -0.438 e. The number of carbonyl (C=O) groups excluding carboxylic acids is 1. The maximum Gasteiger partial charge on any atom is 0.421 e. The van der Waals surface area contributed by atoms with Crippen molar-refractivity contribution in [1.29, 1.82) is 0 Å². The third-order valence-electron chi connectivity index (χ3n) is 4.01. The number of benzene rings is 2. The molecule has 0 aliphatic carbocycles. The smallest absolute Gasteiger partial charge is 0.421 e. The molecule has 0 atom stereocenters. The van der Waals surface area contributed by atoms with Crippen molar-refractivity contribution in [2.45, 2.75) is 6.18 Å². The van der Waals surface area contributed by atoms with E-state index in [9.17, 15) is 18.0 Å². The number of hydrogen-bond donors (Lipinski definition) is 1. The molecule has 0 aliphatic heterocycles. The Labute approximate surface area is 156 Å². The van der Waals surface area contributed by atoms with Gasteiger partial charge in [-0.15, -0.1) is 0 Å². The molecule has 0 spiro atoms. The molecule has 0 amide bonds. The van der Waals surface area contributed by atoms with Gasteiger partial charge in [0.1, 0.15) is 11.3 Å². The molecule has 5 nitrogen and oxygen atoms in total. The molecule has 0 saturated heterocycles. The number of para-hydroxylation sites is 2. The van der Waals surface area contributed by atoms with E-state index >= 15 is 0 Å². The molecule has 2 aromatic carbocycles. The number of imidazole rings is 1. The topological polar surface area (TPSA) is 67.9 Å². The van der Waals surface area contributed by atoms with E-state index in [2.05, 4.69) is 15.0 Å². The summed E-state index contributed by atoms with van der Waals surface area (Å²) in [5.41, 5.74) is 0.752. The Kier molecular flexibility index (Phi) is 4.31. The van der Waals surface area contributed by atoms with Gasteiger partial charge < -0.3 is 9.72 Å². The molecule has 1 N–H and O–H groups in total. The number of hydrogen-bond acceptors (Lipinski definition) is 4. The van der Waals surface area contributed by atoms with Crippen molar-refractivity contribution in [3.05, 3.63) is 83.8 Å². The van der Waals surface area contributed by atoms with Crippen LogP contribution in [0.5, 0.6) is 11.6 Å². The third-order valence-corrected chi connectivity index (χ3v) is 4.01. The zero-order valence-electron chi connectivity index (χ0n) is 14.2. The maximum absolute atomic E-state index is 13.0. The van der Waals surface area contributed by atoms with Gasteiger partial charge >= 0.3 is 6.18 Å². The quantitative estimate of drug-likeness (QED) is 0.504. The Balaban J connectivity index is 1.57. The fourth-order valence-electron chi connectivity index (χ4n) is 2.67. The Bertz CT molecular complexity index is 1120. The molecule has 0 radical (unpaired) electrons. The number of rotatable bonds is 4. The van der Waals surface area contributed by atoms with Crippen LogP contribution < -0.4 is 4.74 Å². The van der Waals surface area contributed by atoms with Gasteiger partial charge in [-0.1, -0.05) is 12.1 Å². The average Bonchev–Trinajstić information content (AvgIpc) is 3.12. The molecular weight excluding hydrogens is 371 g/mol. The SMILES string of the molecule is O=C(c1ccc(Oc2ncccc2C(F)(F)F)cc1)c1nc2ccccc2[nH]1. The summed E-state index contributed by atoms with van der Waals surface area (Å²) in [5.74, 6) is -0.577. The van der Waals surface area contributed by atoms with Crippen LogP contribution in [0.4, 0.5) is 13.2 Å². The monoisotopic (exact) mass is 383 g/mol. The van der Waals surface area contributed by atoms with E-state index < -0.39 is 17.6 Å². The molecule has 28 heavy (non-hydrogen) atoms. The molecule has 2 heterocycles. The van der Waals surface area contributed by atoms with E-state index in [-0.39, 0.29) is 17.4 Å². The fourth-order valence-corrected chi connectivity index (χ4v) is 2.67. The molecule has 4 rings (SSSR count). The fraction of sp³-hybridized carbons (Fsp3) is 0.0500. The van der Waals surface area contributed by atoms with Gasteiger partial charge in [0, 0.05) is 11.8 Å². The van der Waals surface area contributed by atoms with Gasteiger partial charge in [0.15, 0.2) is 5.82 Å². The normalized spacial score (nSPS) is 11.5. The average molecular weight is 383 g/mol. The lowest BCUT2D eigenvalue weighted by molar-refractivity contribution is -0.138. The number of fused-ring (bicyclic) bond motifs is 1. The number of aromatic amines is 1. The van der Waals surface area contributed by atoms with Gasteiger partial charge in [-0.25, -0.2) is 9.97 Å². The molecular formula is C20H12F3N3O2. The lowest BCUT2D eigenvalue weighted by atomic mass is 10.1. The molecule has 0 aliphatic rings. The van der Waals surface area contributed by atoms with Gasteiger partial charge in [-0.2, -0.15) is 13.2 Å². The number of alkyl halides is 3. The number of H-pyrrole nitrogens is 1. The van der Waals surface area contributed by atoms with E-state index in [1.54, 1.807) is 12.1 Å². The summed E-state index contributed by atoms with van der Waals surface area (Å²) < 4.78 is 44.3. The number of pyridine rings is 1. The number of nitrogens with one attached hydrogen (secondary N) is 1. The minimum atomic E-state index is -4.58. The van der Waals surface area contributed by atoms with Crippen LogP contribution in [0.25, 0.3) is 11.0 Å². The second-order valence-electron chi connectivity index (χ2n) is 5.91.